The van der Waals surface area contributed by atoms with Crippen molar-refractivity contribution >= 4 is 32.9 Å². The molecule has 0 radical (unpaired) electrons. The van der Waals surface area contributed by atoms with Gasteiger partial charge in [-0.2, -0.15) is 28.2 Å². The van der Waals surface area contributed by atoms with E-state index in [4.69, 9.17) is 14.2 Å². The summed E-state index contributed by atoms with van der Waals surface area (Å²) in [4.78, 5) is 14.2. The molecule has 14 heteroatoms. The first-order valence-electron chi connectivity index (χ1n) is 14.8. The van der Waals surface area contributed by atoms with Crippen LogP contribution in [-0.4, -0.2) is 78.4 Å². The van der Waals surface area contributed by atoms with Gasteiger partial charge in [-0.3, -0.25) is 4.72 Å². The molecule has 0 saturated carbocycles. The number of nitrogens with zero attached hydrogens (tertiary/aromatic N) is 5. The third-order valence-corrected chi connectivity index (χ3v) is 9.62. The molecule has 5 rings (SSSR count). The lowest BCUT2D eigenvalue weighted by molar-refractivity contribution is -0.0485. The lowest BCUT2D eigenvalue weighted by Crippen LogP contribution is -2.47. The second kappa shape index (κ2) is 12.4. The SMILES string of the molecule is CCN(C)S(=O)(=O)Nc1ccc(F)c(Oc2ccc3nnc([C@H]4COC5(CCN(C(=O)OC(C)(C)C)CC5)C4)cc3c2)c1C#N. The van der Waals surface area contributed by atoms with Crippen LogP contribution in [-0.2, 0) is 19.7 Å². The molecule has 3 aromatic rings. The summed E-state index contributed by atoms with van der Waals surface area (Å²) in [6.45, 7) is 8.96. The highest BCUT2D eigenvalue weighted by atomic mass is 32.2. The minimum Gasteiger partial charge on any atom is -0.453 e. The molecule has 3 heterocycles. The summed E-state index contributed by atoms with van der Waals surface area (Å²) in [6.07, 6.45) is 1.80. The molecule has 1 amide bonds. The molecule has 0 aliphatic carbocycles. The molecular formula is C31H37FN6O6S. The van der Waals surface area contributed by atoms with E-state index in [0.29, 0.717) is 43.4 Å². The van der Waals surface area contributed by atoms with Gasteiger partial charge in [0.05, 0.1) is 29.1 Å². The Bertz CT molecular complexity index is 1750. The van der Waals surface area contributed by atoms with E-state index in [1.54, 1.807) is 30.0 Å². The third-order valence-electron chi connectivity index (χ3n) is 8.07. The summed E-state index contributed by atoms with van der Waals surface area (Å²) >= 11 is 0. The molecular weight excluding hydrogens is 603 g/mol. The van der Waals surface area contributed by atoms with Gasteiger partial charge in [-0.1, -0.05) is 6.92 Å². The van der Waals surface area contributed by atoms with Gasteiger partial charge in [0.15, 0.2) is 11.6 Å². The van der Waals surface area contributed by atoms with E-state index in [0.717, 1.165) is 22.5 Å². The van der Waals surface area contributed by atoms with Gasteiger partial charge in [0.1, 0.15) is 23.0 Å². The summed E-state index contributed by atoms with van der Waals surface area (Å²) in [6, 6.07) is 10.9. The zero-order chi connectivity index (χ0) is 32.6. The van der Waals surface area contributed by atoms with Gasteiger partial charge in [-0.25, -0.2) is 9.18 Å². The molecule has 45 heavy (non-hydrogen) atoms. The highest BCUT2D eigenvalue weighted by Crippen LogP contribution is 2.43. The number of rotatable bonds is 7. The number of likely N-dealkylation sites (tertiary alicyclic amines) is 1. The monoisotopic (exact) mass is 640 g/mol. The standard InChI is InChI=1S/C31H37FN6O6S/c1-6-37(5)45(40,41)36-26-10-8-24(32)28(23(26)18-33)43-22-7-9-25-20(15-22)16-27(35-34-25)21-17-31(42-19-21)11-13-38(14-12-31)29(39)44-30(2,3)4/h7-10,15-16,21,36H,6,11-14,17,19H2,1-5H3/t21-/m1/s1. The molecule has 1 N–H and O–H groups in total. The number of carbonyl (C=O) groups is 1. The second-order valence-corrected chi connectivity index (χ2v) is 14.2. The fraction of sp³-hybridized carbons (Fsp3) is 0.484. The lowest BCUT2D eigenvalue weighted by atomic mass is 9.84. The van der Waals surface area contributed by atoms with Crippen molar-refractivity contribution in [1.82, 2.24) is 19.4 Å². The molecule has 1 aromatic heterocycles. The Balaban J connectivity index is 1.32. The van der Waals surface area contributed by atoms with Crippen molar-refractivity contribution in [3.63, 3.8) is 0 Å². The van der Waals surface area contributed by atoms with Crippen LogP contribution in [0.5, 0.6) is 11.5 Å². The zero-order valence-corrected chi connectivity index (χ0v) is 26.8. The Labute approximate surface area is 262 Å². The summed E-state index contributed by atoms with van der Waals surface area (Å²) in [5.41, 5.74) is 0.0391. The Kier molecular flexibility index (Phi) is 8.90. The van der Waals surface area contributed by atoms with Crippen LogP contribution in [0.1, 0.15) is 64.1 Å². The molecule has 2 aliphatic rings. The summed E-state index contributed by atoms with van der Waals surface area (Å²) in [7, 11) is -2.57. The molecule has 1 spiro atoms. The summed E-state index contributed by atoms with van der Waals surface area (Å²) in [5.74, 6) is -0.996. The number of benzene rings is 2. The van der Waals surface area contributed by atoms with Crippen molar-refractivity contribution < 1.29 is 31.8 Å². The zero-order valence-electron chi connectivity index (χ0n) is 26.0. The van der Waals surface area contributed by atoms with E-state index in [1.807, 2.05) is 32.9 Å². The number of hydrogen-bond acceptors (Lipinski definition) is 9. The number of ether oxygens (including phenoxy) is 3. The number of fused-ring (bicyclic) bond motifs is 1. The number of anilines is 1. The number of amides is 1. The Morgan fingerprint density at radius 2 is 1.96 bits per heavy atom. The van der Waals surface area contributed by atoms with Gasteiger partial charge < -0.3 is 19.1 Å². The highest BCUT2D eigenvalue weighted by molar-refractivity contribution is 7.90. The van der Waals surface area contributed by atoms with E-state index < -0.39 is 27.4 Å². The average Bonchev–Trinajstić information content (AvgIpc) is 3.40. The number of nitrogens with one attached hydrogen (secondary N) is 1. The van der Waals surface area contributed by atoms with E-state index in [-0.39, 0.29) is 41.2 Å². The number of nitriles is 1. The maximum atomic E-state index is 14.9. The topological polar surface area (TPSA) is 147 Å². The number of halogens is 1. The molecule has 0 unspecified atom stereocenters. The van der Waals surface area contributed by atoms with E-state index in [1.165, 1.54) is 13.1 Å². The van der Waals surface area contributed by atoms with E-state index in [2.05, 4.69) is 14.9 Å². The maximum Gasteiger partial charge on any atom is 0.410 e. The van der Waals surface area contributed by atoms with Crippen LogP contribution < -0.4 is 9.46 Å². The Morgan fingerprint density at radius 1 is 1.22 bits per heavy atom. The van der Waals surface area contributed by atoms with Crippen molar-refractivity contribution in [2.45, 2.75) is 64.1 Å². The molecule has 2 saturated heterocycles. The van der Waals surface area contributed by atoms with Crippen LogP contribution in [0, 0.1) is 17.1 Å². The second-order valence-electron chi connectivity index (χ2n) is 12.4. The number of carbonyl (C=O) groups excluding carboxylic acids is 1. The molecule has 2 aliphatic heterocycles. The minimum atomic E-state index is -3.96. The summed E-state index contributed by atoms with van der Waals surface area (Å²) in [5, 5.41) is 19.3. The van der Waals surface area contributed by atoms with Crippen molar-refractivity contribution in [1.29, 1.82) is 5.26 Å². The number of aromatic nitrogens is 2. The van der Waals surface area contributed by atoms with E-state index >= 15 is 0 Å². The molecule has 240 valence electrons. The fourth-order valence-electron chi connectivity index (χ4n) is 5.47. The van der Waals surface area contributed by atoms with Crippen LogP contribution in [0.15, 0.2) is 36.4 Å². The lowest BCUT2D eigenvalue weighted by Gasteiger charge is -2.39. The smallest absolute Gasteiger partial charge is 0.410 e. The normalized spacial score (nSPS) is 18.3. The molecule has 0 bridgehead atoms. The van der Waals surface area contributed by atoms with Gasteiger partial charge in [-0.15, -0.1) is 0 Å². The largest absolute Gasteiger partial charge is 0.453 e. The van der Waals surface area contributed by atoms with Crippen LogP contribution >= 0.6 is 0 Å². The molecule has 2 fully saturated rings. The first-order valence-corrected chi connectivity index (χ1v) is 16.2. The first-order chi connectivity index (χ1) is 21.2. The quantitative estimate of drug-likeness (QED) is 0.363. The van der Waals surface area contributed by atoms with Crippen molar-refractivity contribution in [3.8, 4) is 17.6 Å². The number of piperidine rings is 1. The van der Waals surface area contributed by atoms with Crippen molar-refractivity contribution in [2.24, 2.45) is 0 Å². The van der Waals surface area contributed by atoms with Crippen LogP contribution in [0.4, 0.5) is 14.9 Å². The fourth-order valence-corrected chi connectivity index (χ4v) is 6.41. The predicted octanol–water partition coefficient (Wildman–Crippen LogP) is 5.31. The number of hydrogen-bond donors (Lipinski definition) is 1. The van der Waals surface area contributed by atoms with E-state index in [9.17, 15) is 22.9 Å². The first kappa shape index (κ1) is 32.3. The van der Waals surface area contributed by atoms with Gasteiger partial charge in [-0.05, 0) is 76.4 Å². The van der Waals surface area contributed by atoms with Gasteiger partial charge in [0.25, 0.3) is 0 Å². The maximum absolute atomic E-state index is 14.9. The predicted molar refractivity (Wildman–Crippen MR) is 165 cm³/mol. The van der Waals surface area contributed by atoms with Gasteiger partial charge in [0.2, 0.25) is 0 Å². The average molecular weight is 641 g/mol. The minimum absolute atomic E-state index is 0.00635. The van der Waals surface area contributed by atoms with Crippen LogP contribution in [0.25, 0.3) is 10.9 Å². The van der Waals surface area contributed by atoms with Gasteiger partial charge >= 0.3 is 16.3 Å². The third kappa shape index (κ3) is 7.11. The Morgan fingerprint density at radius 3 is 2.62 bits per heavy atom. The summed E-state index contributed by atoms with van der Waals surface area (Å²) < 4.78 is 61.1. The van der Waals surface area contributed by atoms with Crippen molar-refractivity contribution in [2.75, 3.05) is 38.0 Å². The van der Waals surface area contributed by atoms with Gasteiger partial charge in [0, 0.05) is 38.0 Å². The molecule has 2 aromatic carbocycles. The highest BCUT2D eigenvalue weighted by Gasteiger charge is 2.45. The molecule has 1 atom stereocenters. The van der Waals surface area contributed by atoms with Crippen LogP contribution in [0.2, 0.25) is 0 Å². The molecule has 12 nitrogen and oxygen atoms in total. The van der Waals surface area contributed by atoms with Crippen LogP contribution in [0.3, 0.4) is 0 Å². The van der Waals surface area contributed by atoms with Crippen molar-refractivity contribution in [3.05, 3.63) is 53.5 Å². The Hall–Kier alpha value is -4.06.